The second-order valence-electron chi connectivity index (χ2n) is 5.39. The minimum atomic E-state index is -0.502. The zero-order chi connectivity index (χ0) is 15.0. The van der Waals surface area contributed by atoms with E-state index >= 15 is 0 Å². The van der Waals surface area contributed by atoms with Gasteiger partial charge in [-0.1, -0.05) is 12.1 Å². The lowest BCUT2D eigenvalue weighted by Gasteiger charge is -2.19. The van der Waals surface area contributed by atoms with E-state index in [1.165, 1.54) is 0 Å². The van der Waals surface area contributed by atoms with Crippen LogP contribution in [0.4, 0.5) is 9.18 Å². The Morgan fingerprint density at radius 2 is 1.90 bits per heavy atom. The lowest BCUT2D eigenvalue weighted by molar-refractivity contribution is 0.0523. The summed E-state index contributed by atoms with van der Waals surface area (Å²) in [6.07, 6.45) is -0.0529. The van der Waals surface area contributed by atoms with Gasteiger partial charge in [0.2, 0.25) is 0 Å². The molecule has 0 aliphatic carbocycles. The molecule has 1 amide bonds. The van der Waals surface area contributed by atoms with Crippen molar-refractivity contribution in [1.82, 2.24) is 5.32 Å². The fourth-order valence-corrected chi connectivity index (χ4v) is 1.44. The van der Waals surface area contributed by atoms with Crippen molar-refractivity contribution in [2.24, 2.45) is 0 Å². The number of nitrogens with one attached hydrogen (secondary N) is 1. The van der Waals surface area contributed by atoms with E-state index < -0.39 is 11.7 Å². The molecular weight excluding hydrogens is 261 g/mol. The Balaban J connectivity index is 2.36. The van der Waals surface area contributed by atoms with Crippen LogP contribution in [-0.2, 0) is 11.3 Å². The second-order valence-corrected chi connectivity index (χ2v) is 5.39. The van der Waals surface area contributed by atoms with Crippen LogP contribution in [0, 0.1) is 0 Å². The van der Waals surface area contributed by atoms with Crippen LogP contribution in [0.2, 0.25) is 0 Å². The third-order valence-corrected chi connectivity index (χ3v) is 2.31. The molecule has 0 saturated heterocycles. The average Bonchev–Trinajstić information content (AvgIpc) is 2.36. The Bertz CT molecular complexity index is 412. The van der Waals surface area contributed by atoms with Crippen LogP contribution in [0.3, 0.4) is 0 Å². The van der Waals surface area contributed by atoms with E-state index in [1.54, 1.807) is 12.1 Å². The maximum atomic E-state index is 11.9. The molecule has 0 heterocycles. The first kappa shape index (κ1) is 16.3. The summed E-state index contributed by atoms with van der Waals surface area (Å²) in [5, 5.41) is 2.68. The highest BCUT2D eigenvalue weighted by Gasteiger charge is 2.15. The quantitative estimate of drug-likeness (QED) is 0.813. The monoisotopic (exact) mass is 283 g/mol. The molecular formula is C15H22FNO3. The molecule has 1 rings (SSSR count). The number of hydrogen-bond donors (Lipinski definition) is 1. The van der Waals surface area contributed by atoms with Crippen LogP contribution in [0.25, 0.3) is 0 Å². The summed E-state index contributed by atoms with van der Waals surface area (Å²) in [5.41, 5.74) is 0.437. The van der Waals surface area contributed by atoms with E-state index in [9.17, 15) is 9.18 Å². The number of halogens is 1. The van der Waals surface area contributed by atoms with Gasteiger partial charge in [0.05, 0.1) is 13.3 Å². The first-order valence-corrected chi connectivity index (χ1v) is 6.65. The molecule has 0 bridgehead atoms. The van der Waals surface area contributed by atoms with Gasteiger partial charge in [-0.15, -0.1) is 0 Å². The van der Waals surface area contributed by atoms with Gasteiger partial charge in [-0.25, -0.2) is 4.79 Å². The van der Waals surface area contributed by atoms with Crippen molar-refractivity contribution in [1.29, 1.82) is 0 Å². The SMILES string of the molecule is CC(C)(C)OC(=O)NCc1ccc(OCCCF)cc1. The maximum absolute atomic E-state index is 11.9. The van der Waals surface area contributed by atoms with Crippen molar-refractivity contribution in [3.63, 3.8) is 0 Å². The molecule has 0 unspecified atom stereocenters. The largest absolute Gasteiger partial charge is 0.494 e. The highest BCUT2D eigenvalue weighted by atomic mass is 19.1. The predicted molar refractivity (Wildman–Crippen MR) is 75.6 cm³/mol. The smallest absolute Gasteiger partial charge is 0.407 e. The van der Waals surface area contributed by atoms with Gasteiger partial charge in [0.25, 0.3) is 0 Å². The Hall–Kier alpha value is -1.78. The summed E-state index contributed by atoms with van der Waals surface area (Å²) in [5.74, 6) is 0.694. The van der Waals surface area contributed by atoms with Crippen LogP contribution >= 0.6 is 0 Å². The Morgan fingerprint density at radius 3 is 2.45 bits per heavy atom. The molecule has 112 valence electrons. The summed E-state index contributed by atoms with van der Waals surface area (Å²) in [7, 11) is 0. The molecule has 0 radical (unpaired) electrons. The van der Waals surface area contributed by atoms with Crippen molar-refractivity contribution in [3.8, 4) is 5.75 Å². The Labute approximate surface area is 119 Å². The van der Waals surface area contributed by atoms with E-state index in [0.29, 0.717) is 25.3 Å². The van der Waals surface area contributed by atoms with Gasteiger partial charge in [0, 0.05) is 13.0 Å². The van der Waals surface area contributed by atoms with Gasteiger partial charge in [-0.2, -0.15) is 0 Å². The topological polar surface area (TPSA) is 47.6 Å². The number of alkyl halides is 1. The summed E-state index contributed by atoms with van der Waals surface area (Å²) in [6.45, 7) is 5.83. The predicted octanol–water partition coefficient (Wildman–Crippen LogP) is 3.45. The van der Waals surface area contributed by atoms with Crippen molar-refractivity contribution in [3.05, 3.63) is 29.8 Å². The molecule has 0 aromatic heterocycles. The van der Waals surface area contributed by atoms with E-state index in [4.69, 9.17) is 9.47 Å². The van der Waals surface area contributed by atoms with Crippen LogP contribution in [-0.4, -0.2) is 25.0 Å². The zero-order valence-electron chi connectivity index (χ0n) is 12.2. The fourth-order valence-electron chi connectivity index (χ4n) is 1.44. The third kappa shape index (κ3) is 6.97. The van der Waals surface area contributed by atoms with Gasteiger partial charge in [0.15, 0.2) is 0 Å². The number of ether oxygens (including phenoxy) is 2. The molecule has 0 fully saturated rings. The van der Waals surface area contributed by atoms with Crippen LogP contribution in [0.1, 0.15) is 32.8 Å². The summed E-state index contributed by atoms with van der Waals surface area (Å²) < 4.78 is 22.4. The van der Waals surface area contributed by atoms with Crippen molar-refractivity contribution in [2.45, 2.75) is 39.3 Å². The van der Waals surface area contributed by atoms with Gasteiger partial charge >= 0.3 is 6.09 Å². The van der Waals surface area contributed by atoms with E-state index in [1.807, 2.05) is 32.9 Å². The Morgan fingerprint density at radius 1 is 1.25 bits per heavy atom. The third-order valence-electron chi connectivity index (χ3n) is 2.31. The van der Waals surface area contributed by atoms with Crippen LogP contribution < -0.4 is 10.1 Å². The molecule has 0 spiro atoms. The summed E-state index contributed by atoms with van der Waals surface area (Å²) in [4.78, 5) is 11.5. The van der Waals surface area contributed by atoms with Gasteiger partial charge in [-0.05, 0) is 38.5 Å². The highest BCUT2D eigenvalue weighted by Crippen LogP contribution is 2.13. The standard InChI is InChI=1S/C15H22FNO3/c1-15(2,3)20-14(18)17-11-12-5-7-13(8-6-12)19-10-4-9-16/h5-8H,4,9-11H2,1-3H3,(H,17,18). The number of rotatable bonds is 6. The van der Waals surface area contributed by atoms with Gasteiger partial charge < -0.3 is 14.8 Å². The first-order valence-electron chi connectivity index (χ1n) is 6.65. The fraction of sp³-hybridized carbons (Fsp3) is 0.533. The minimum absolute atomic E-state index is 0.367. The Kier molecular flexibility index (Phi) is 6.28. The normalized spacial score (nSPS) is 11.0. The average molecular weight is 283 g/mol. The lowest BCUT2D eigenvalue weighted by Crippen LogP contribution is -2.32. The number of carbonyl (C=O) groups is 1. The number of benzene rings is 1. The second kappa shape index (κ2) is 7.72. The summed E-state index contributed by atoms with van der Waals surface area (Å²) in [6, 6.07) is 7.29. The molecule has 0 aliphatic rings. The van der Waals surface area contributed by atoms with Crippen LogP contribution in [0.5, 0.6) is 5.75 Å². The number of amides is 1. The van der Waals surface area contributed by atoms with Crippen molar-refractivity contribution >= 4 is 6.09 Å². The van der Waals surface area contributed by atoms with Gasteiger partial charge in [-0.3, -0.25) is 4.39 Å². The van der Waals surface area contributed by atoms with E-state index in [0.717, 1.165) is 5.56 Å². The zero-order valence-corrected chi connectivity index (χ0v) is 12.2. The number of hydrogen-bond acceptors (Lipinski definition) is 3. The van der Waals surface area contributed by atoms with E-state index in [-0.39, 0.29) is 6.67 Å². The maximum Gasteiger partial charge on any atom is 0.407 e. The molecule has 5 heteroatoms. The van der Waals surface area contributed by atoms with Gasteiger partial charge in [0.1, 0.15) is 11.4 Å². The van der Waals surface area contributed by atoms with Crippen molar-refractivity contribution in [2.75, 3.05) is 13.3 Å². The molecule has 4 nitrogen and oxygen atoms in total. The molecule has 1 N–H and O–H groups in total. The molecule has 1 aromatic carbocycles. The molecule has 0 atom stereocenters. The molecule has 20 heavy (non-hydrogen) atoms. The molecule has 0 aliphatic heterocycles. The molecule has 1 aromatic rings. The first-order chi connectivity index (χ1) is 9.40. The highest BCUT2D eigenvalue weighted by molar-refractivity contribution is 5.67. The number of carbonyl (C=O) groups excluding carboxylic acids is 1. The molecule has 0 saturated carbocycles. The lowest BCUT2D eigenvalue weighted by atomic mass is 10.2. The van der Waals surface area contributed by atoms with Crippen LogP contribution in [0.15, 0.2) is 24.3 Å². The number of alkyl carbamates (subject to hydrolysis) is 1. The minimum Gasteiger partial charge on any atom is -0.494 e. The van der Waals surface area contributed by atoms with E-state index in [2.05, 4.69) is 5.32 Å². The van der Waals surface area contributed by atoms with Crippen molar-refractivity contribution < 1.29 is 18.7 Å². The summed E-state index contributed by atoms with van der Waals surface area (Å²) >= 11 is 0.